The number of nitrogens with zero attached hydrogens (tertiary/aromatic N) is 1. The zero-order chi connectivity index (χ0) is 14.9. The summed E-state index contributed by atoms with van der Waals surface area (Å²) in [5.41, 5.74) is 0.586. The topological polar surface area (TPSA) is 74.8 Å². The Bertz CT molecular complexity index is 551. The normalized spacial score (nSPS) is 27.9. The van der Waals surface area contributed by atoms with Crippen LogP contribution in [0, 0.1) is 24.7 Å². The van der Waals surface area contributed by atoms with Gasteiger partial charge in [-0.15, -0.1) is 0 Å². The first kappa shape index (κ1) is 15.5. The number of H-pyrrole nitrogens is 1. The summed E-state index contributed by atoms with van der Waals surface area (Å²) in [6, 6.07) is 0.0260. The monoisotopic (exact) mass is 299 g/mol. The number of rotatable bonds is 4. The maximum absolute atomic E-state index is 12.5. The summed E-state index contributed by atoms with van der Waals surface area (Å²) in [5.74, 6) is 1.47. The van der Waals surface area contributed by atoms with Crippen LogP contribution < -0.4 is 4.72 Å². The Balaban J connectivity index is 2.20. The highest BCUT2D eigenvalue weighted by Crippen LogP contribution is 2.34. The van der Waals surface area contributed by atoms with Crippen molar-refractivity contribution in [1.29, 1.82) is 0 Å². The van der Waals surface area contributed by atoms with Gasteiger partial charge in [-0.25, -0.2) is 13.1 Å². The summed E-state index contributed by atoms with van der Waals surface area (Å²) in [4.78, 5) is 0.262. The predicted molar refractivity (Wildman–Crippen MR) is 78.8 cm³/mol. The van der Waals surface area contributed by atoms with Gasteiger partial charge in [-0.05, 0) is 37.5 Å². The quantitative estimate of drug-likeness (QED) is 0.896. The Kier molecular flexibility index (Phi) is 4.54. The van der Waals surface area contributed by atoms with Crippen molar-refractivity contribution in [2.75, 3.05) is 0 Å². The van der Waals surface area contributed by atoms with Crippen molar-refractivity contribution in [3.8, 4) is 0 Å². The molecule has 2 N–H and O–H groups in total. The maximum Gasteiger partial charge on any atom is 0.244 e. The molecule has 2 rings (SSSR count). The van der Waals surface area contributed by atoms with Gasteiger partial charge in [0.1, 0.15) is 4.90 Å². The van der Waals surface area contributed by atoms with Crippen LogP contribution in [0.2, 0.25) is 0 Å². The lowest BCUT2D eigenvalue weighted by Crippen LogP contribution is -2.45. The number of aromatic amines is 1. The largest absolute Gasteiger partial charge is 0.281 e. The standard InChI is InChI=1S/C14H25N3O2S/c1-9(2)12-6-5-10(3)7-13(12)17-20(18,19)14-8-15-16-11(14)4/h8-10,12-13,17H,5-7H2,1-4H3,(H,15,16). The second-order valence-electron chi connectivity index (χ2n) is 6.41. The zero-order valence-electron chi connectivity index (χ0n) is 12.7. The molecular formula is C14H25N3O2S. The SMILES string of the molecule is Cc1[nH]ncc1S(=O)(=O)NC1CC(C)CCC1C(C)C. The number of aryl methyl sites for hydroxylation is 1. The molecule has 0 radical (unpaired) electrons. The number of nitrogens with one attached hydrogen (secondary N) is 2. The van der Waals surface area contributed by atoms with Crippen LogP contribution in [0.5, 0.6) is 0 Å². The van der Waals surface area contributed by atoms with Gasteiger partial charge in [-0.3, -0.25) is 5.10 Å². The predicted octanol–water partition coefficient (Wildman–Crippen LogP) is 2.46. The van der Waals surface area contributed by atoms with E-state index in [4.69, 9.17) is 0 Å². The van der Waals surface area contributed by atoms with E-state index in [0.29, 0.717) is 23.4 Å². The molecule has 0 bridgehead atoms. The maximum atomic E-state index is 12.5. The molecule has 114 valence electrons. The summed E-state index contributed by atoms with van der Waals surface area (Å²) in [7, 11) is -3.48. The fourth-order valence-electron chi connectivity index (χ4n) is 3.21. The third-order valence-corrected chi connectivity index (χ3v) is 6.01. The molecule has 0 saturated heterocycles. The van der Waals surface area contributed by atoms with Crippen LogP contribution in [0.15, 0.2) is 11.1 Å². The molecule has 6 heteroatoms. The molecule has 3 atom stereocenters. The van der Waals surface area contributed by atoms with Gasteiger partial charge < -0.3 is 0 Å². The number of hydrogen-bond acceptors (Lipinski definition) is 3. The molecule has 1 heterocycles. The summed E-state index contributed by atoms with van der Waals surface area (Å²) >= 11 is 0. The van der Waals surface area contributed by atoms with Gasteiger partial charge in [0.05, 0.1) is 11.9 Å². The molecule has 3 unspecified atom stereocenters. The van der Waals surface area contributed by atoms with Crippen LogP contribution in [-0.2, 0) is 10.0 Å². The average Bonchev–Trinajstić information content (AvgIpc) is 2.75. The Morgan fingerprint density at radius 1 is 1.40 bits per heavy atom. The first-order chi connectivity index (χ1) is 9.31. The smallest absolute Gasteiger partial charge is 0.244 e. The Labute approximate surface area is 121 Å². The number of sulfonamides is 1. The Morgan fingerprint density at radius 3 is 2.65 bits per heavy atom. The molecule has 20 heavy (non-hydrogen) atoms. The first-order valence-corrected chi connectivity index (χ1v) is 8.82. The van der Waals surface area contributed by atoms with Gasteiger partial charge in [0.25, 0.3) is 0 Å². The van der Waals surface area contributed by atoms with E-state index in [1.165, 1.54) is 12.6 Å². The van der Waals surface area contributed by atoms with Crippen molar-refractivity contribution < 1.29 is 8.42 Å². The van der Waals surface area contributed by atoms with Gasteiger partial charge >= 0.3 is 0 Å². The highest BCUT2D eigenvalue weighted by atomic mass is 32.2. The minimum atomic E-state index is -3.48. The fraction of sp³-hybridized carbons (Fsp3) is 0.786. The van der Waals surface area contributed by atoms with Crippen molar-refractivity contribution in [2.45, 2.75) is 57.9 Å². The van der Waals surface area contributed by atoms with Crippen LogP contribution in [0.1, 0.15) is 45.7 Å². The van der Waals surface area contributed by atoms with Crippen molar-refractivity contribution in [3.05, 3.63) is 11.9 Å². The summed E-state index contributed by atoms with van der Waals surface area (Å²) in [5, 5.41) is 6.49. The van der Waals surface area contributed by atoms with Crippen molar-refractivity contribution in [2.24, 2.45) is 17.8 Å². The molecule has 1 aliphatic carbocycles. The van der Waals surface area contributed by atoms with E-state index in [2.05, 4.69) is 35.7 Å². The van der Waals surface area contributed by atoms with Gasteiger partial charge in [0.15, 0.2) is 0 Å². The summed E-state index contributed by atoms with van der Waals surface area (Å²) in [6.07, 6.45) is 4.58. The Morgan fingerprint density at radius 2 is 2.10 bits per heavy atom. The summed E-state index contributed by atoms with van der Waals surface area (Å²) in [6.45, 7) is 8.27. The van der Waals surface area contributed by atoms with Gasteiger partial charge in [0, 0.05) is 6.04 Å². The van der Waals surface area contributed by atoms with Gasteiger partial charge in [-0.2, -0.15) is 5.10 Å². The van der Waals surface area contributed by atoms with Crippen molar-refractivity contribution in [3.63, 3.8) is 0 Å². The summed E-state index contributed by atoms with van der Waals surface area (Å²) < 4.78 is 27.9. The van der Waals surface area contributed by atoms with Crippen molar-refractivity contribution >= 4 is 10.0 Å². The second-order valence-corrected chi connectivity index (χ2v) is 8.10. The molecule has 1 saturated carbocycles. The van der Waals surface area contributed by atoms with Crippen LogP contribution >= 0.6 is 0 Å². The van der Waals surface area contributed by atoms with E-state index in [0.717, 1.165) is 12.8 Å². The van der Waals surface area contributed by atoms with E-state index < -0.39 is 10.0 Å². The lowest BCUT2D eigenvalue weighted by Gasteiger charge is -2.37. The third kappa shape index (κ3) is 3.23. The molecule has 1 aromatic rings. The van der Waals surface area contributed by atoms with E-state index >= 15 is 0 Å². The fourth-order valence-corrected chi connectivity index (χ4v) is 4.65. The highest BCUT2D eigenvalue weighted by Gasteiger charge is 2.34. The first-order valence-electron chi connectivity index (χ1n) is 7.33. The zero-order valence-corrected chi connectivity index (χ0v) is 13.5. The Hall–Kier alpha value is -0.880. The minimum absolute atomic E-state index is 0.0260. The minimum Gasteiger partial charge on any atom is -0.281 e. The van der Waals surface area contributed by atoms with E-state index in [1.807, 2.05) is 0 Å². The van der Waals surface area contributed by atoms with E-state index in [1.54, 1.807) is 6.92 Å². The van der Waals surface area contributed by atoms with E-state index in [9.17, 15) is 8.42 Å². The average molecular weight is 299 g/mol. The lowest BCUT2D eigenvalue weighted by molar-refractivity contribution is 0.188. The van der Waals surface area contributed by atoms with Crippen LogP contribution in [0.25, 0.3) is 0 Å². The number of aromatic nitrogens is 2. The van der Waals surface area contributed by atoms with Gasteiger partial charge in [-0.1, -0.05) is 27.2 Å². The highest BCUT2D eigenvalue weighted by molar-refractivity contribution is 7.89. The molecule has 0 amide bonds. The third-order valence-electron chi connectivity index (χ3n) is 4.40. The van der Waals surface area contributed by atoms with Crippen molar-refractivity contribution in [1.82, 2.24) is 14.9 Å². The lowest BCUT2D eigenvalue weighted by atomic mass is 9.74. The molecule has 0 spiro atoms. The molecule has 0 aromatic carbocycles. The van der Waals surface area contributed by atoms with E-state index in [-0.39, 0.29) is 10.9 Å². The molecule has 1 aromatic heterocycles. The second kappa shape index (κ2) is 5.85. The van der Waals surface area contributed by atoms with Crippen LogP contribution in [0.3, 0.4) is 0 Å². The molecule has 0 aliphatic heterocycles. The molecule has 1 aliphatic rings. The van der Waals surface area contributed by atoms with Crippen LogP contribution in [0.4, 0.5) is 0 Å². The van der Waals surface area contributed by atoms with Gasteiger partial charge in [0.2, 0.25) is 10.0 Å². The van der Waals surface area contributed by atoms with Crippen LogP contribution in [-0.4, -0.2) is 24.7 Å². The number of hydrogen-bond donors (Lipinski definition) is 2. The molecule has 1 fully saturated rings. The molecular weight excluding hydrogens is 274 g/mol. The molecule has 5 nitrogen and oxygen atoms in total.